The lowest BCUT2D eigenvalue weighted by Gasteiger charge is -2.12. The largest absolute Gasteiger partial charge is 0.494 e. The van der Waals surface area contributed by atoms with Crippen molar-refractivity contribution in [3.63, 3.8) is 0 Å². The van der Waals surface area contributed by atoms with Crippen molar-refractivity contribution < 1.29 is 4.74 Å². The maximum atomic E-state index is 6.15. The first kappa shape index (κ1) is 14.3. The molecular formula is C15H14ClN5O. The van der Waals surface area contributed by atoms with Gasteiger partial charge in [0.1, 0.15) is 11.4 Å². The van der Waals surface area contributed by atoms with Crippen molar-refractivity contribution in [3.8, 4) is 22.8 Å². The number of ether oxygens (including phenoxy) is 1. The molecule has 6 nitrogen and oxygen atoms in total. The molecule has 0 unspecified atom stereocenters. The Bertz CT molecular complexity index is 813. The Kier molecular flexibility index (Phi) is 3.68. The Hall–Kier alpha value is -2.60. The predicted octanol–water partition coefficient (Wildman–Crippen LogP) is 2.88. The second kappa shape index (κ2) is 5.65. The number of rotatable bonds is 3. The molecule has 0 saturated heterocycles. The molecule has 0 bridgehead atoms. The first-order valence-corrected chi connectivity index (χ1v) is 6.96. The number of methoxy groups -OCH3 is 1. The number of nitrogens with zero attached hydrogens (tertiary/aromatic N) is 4. The van der Waals surface area contributed by atoms with Crippen molar-refractivity contribution in [2.45, 2.75) is 6.92 Å². The number of nitrogen functional groups attached to an aromatic ring is 1. The number of hydrogen-bond acceptors (Lipinski definition) is 5. The summed E-state index contributed by atoms with van der Waals surface area (Å²) in [5, 5.41) is 12.6. The molecule has 0 fully saturated rings. The summed E-state index contributed by atoms with van der Waals surface area (Å²) in [6.45, 7) is 1.92. The number of aromatic nitrogens is 4. The number of aryl methyl sites for hydroxylation is 1. The highest BCUT2D eigenvalue weighted by atomic mass is 35.5. The topological polar surface area (TPSA) is 78.8 Å². The summed E-state index contributed by atoms with van der Waals surface area (Å²) in [6.07, 6.45) is 0. The van der Waals surface area contributed by atoms with E-state index in [1.54, 1.807) is 30.0 Å². The molecule has 3 rings (SSSR count). The monoisotopic (exact) mass is 315 g/mol. The highest BCUT2D eigenvalue weighted by Crippen LogP contribution is 2.31. The van der Waals surface area contributed by atoms with Gasteiger partial charge in [0.2, 0.25) is 0 Å². The number of nitrogens with two attached hydrogens (primary N) is 1. The fourth-order valence-electron chi connectivity index (χ4n) is 2.14. The summed E-state index contributed by atoms with van der Waals surface area (Å²) in [5.41, 5.74) is 8.89. The third kappa shape index (κ3) is 2.48. The maximum absolute atomic E-state index is 6.15. The number of tetrazole rings is 1. The summed E-state index contributed by atoms with van der Waals surface area (Å²) in [6, 6.07) is 11.0. The lowest BCUT2D eigenvalue weighted by molar-refractivity contribution is 0.411. The zero-order chi connectivity index (χ0) is 15.7. The minimum absolute atomic E-state index is 0.597. The Labute approximate surface area is 132 Å². The van der Waals surface area contributed by atoms with Gasteiger partial charge in [-0.3, -0.25) is 0 Å². The minimum atomic E-state index is 0.597. The van der Waals surface area contributed by atoms with Crippen LogP contribution in [0.1, 0.15) is 5.56 Å². The van der Waals surface area contributed by atoms with Crippen LogP contribution in [-0.2, 0) is 0 Å². The van der Waals surface area contributed by atoms with Crippen LogP contribution < -0.4 is 10.5 Å². The molecule has 1 heterocycles. The molecule has 2 aromatic carbocycles. The third-order valence-electron chi connectivity index (χ3n) is 3.33. The first-order chi connectivity index (χ1) is 10.6. The van der Waals surface area contributed by atoms with Crippen LogP contribution in [0, 0.1) is 6.92 Å². The summed E-state index contributed by atoms with van der Waals surface area (Å²) in [5.74, 6) is 1.19. The van der Waals surface area contributed by atoms with Gasteiger partial charge in [0.15, 0.2) is 5.82 Å². The predicted molar refractivity (Wildman–Crippen MR) is 85.3 cm³/mol. The molecule has 22 heavy (non-hydrogen) atoms. The van der Waals surface area contributed by atoms with Gasteiger partial charge in [-0.05, 0) is 53.2 Å². The van der Waals surface area contributed by atoms with Crippen LogP contribution in [0.4, 0.5) is 5.69 Å². The normalized spacial score (nSPS) is 10.7. The molecule has 7 heteroatoms. The summed E-state index contributed by atoms with van der Waals surface area (Å²) < 4.78 is 7.01. The first-order valence-electron chi connectivity index (χ1n) is 6.59. The van der Waals surface area contributed by atoms with Crippen molar-refractivity contribution in [1.29, 1.82) is 0 Å². The Morgan fingerprint density at radius 3 is 2.59 bits per heavy atom. The standard InChI is InChI=1S/C15H14ClN5O/c1-9-7-13(14(22-2)8-12(9)16)21-15(18-19-20-21)10-3-5-11(17)6-4-10/h3-8H,17H2,1-2H3. The van der Waals surface area contributed by atoms with E-state index in [1.165, 1.54) is 0 Å². The second-order valence-corrected chi connectivity index (χ2v) is 5.22. The molecule has 0 spiro atoms. The van der Waals surface area contributed by atoms with E-state index in [1.807, 2.05) is 25.1 Å². The average Bonchev–Trinajstić information content (AvgIpc) is 2.99. The lowest BCUT2D eigenvalue weighted by Crippen LogP contribution is -2.03. The minimum Gasteiger partial charge on any atom is -0.494 e. The Balaban J connectivity index is 2.17. The zero-order valence-corrected chi connectivity index (χ0v) is 12.9. The van der Waals surface area contributed by atoms with Crippen molar-refractivity contribution in [2.75, 3.05) is 12.8 Å². The van der Waals surface area contributed by atoms with Crippen LogP contribution in [0.15, 0.2) is 36.4 Å². The van der Waals surface area contributed by atoms with Crippen LogP contribution >= 0.6 is 11.6 Å². The summed E-state index contributed by atoms with van der Waals surface area (Å²) in [4.78, 5) is 0. The second-order valence-electron chi connectivity index (χ2n) is 4.81. The number of anilines is 1. The third-order valence-corrected chi connectivity index (χ3v) is 3.73. The van der Waals surface area contributed by atoms with Gasteiger partial charge in [0.25, 0.3) is 0 Å². The highest BCUT2D eigenvalue weighted by molar-refractivity contribution is 6.31. The van der Waals surface area contributed by atoms with Gasteiger partial charge in [-0.1, -0.05) is 11.6 Å². The molecule has 2 N–H and O–H groups in total. The van der Waals surface area contributed by atoms with Gasteiger partial charge >= 0.3 is 0 Å². The van der Waals surface area contributed by atoms with Crippen molar-refractivity contribution in [2.24, 2.45) is 0 Å². The fraction of sp³-hybridized carbons (Fsp3) is 0.133. The van der Waals surface area contributed by atoms with E-state index < -0.39 is 0 Å². The molecule has 0 amide bonds. The van der Waals surface area contributed by atoms with Crippen LogP contribution in [0.2, 0.25) is 5.02 Å². The molecule has 0 aliphatic carbocycles. The number of hydrogen-bond donors (Lipinski definition) is 1. The van der Waals surface area contributed by atoms with E-state index in [-0.39, 0.29) is 0 Å². The molecular weight excluding hydrogens is 302 g/mol. The van der Waals surface area contributed by atoms with Gasteiger partial charge in [0, 0.05) is 22.3 Å². The van der Waals surface area contributed by atoms with E-state index in [0.29, 0.717) is 22.3 Å². The molecule has 0 radical (unpaired) electrons. The zero-order valence-electron chi connectivity index (χ0n) is 12.1. The summed E-state index contributed by atoms with van der Waals surface area (Å²) in [7, 11) is 1.58. The lowest BCUT2D eigenvalue weighted by atomic mass is 10.1. The van der Waals surface area contributed by atoms with E-state index in [2.05, 4.69) is 15.5 Å². The Morgan fingerprint density at radius 2 is 1.91 bits per heavy atom. The molecule has 1 aromatic heterocycles. The van der Waals surface area contributed by atoms with Gasteiger partial charge in [0.05, 0.1) is 7.11 Å². The van der Waals surface area contributed by atoms with Gasteiger partial charge in [-0.25, -0.2) is 0 Å². The van der Waals surface area contributed by atoms with E-state index >= 15 is 0 Å². The molecule has 112 valence electrons. The maximum Gasteiger partial charge on any atom is 0.187 e. The fourth-order valence-corrected chi connectivity index (χ4v) is 2.29. The smallest absolute Gasteiger partial charge is 0.187 e. The van der Waals surface area contributed by atoms with E-state index in [4.69, 9.17) is 22.1 Å². The van der Waals surface area contributed by atoms with Crippen LogP contribution in [0.25, 0.3) is 17.1 Å². The molecule has 0 aliphatic rings. The van der Waals surface area contributed by atoms with Gasteiger partial charge in [-0.2, -0.15) is 4.68 Å². The average molecular weight is 316 g/mol. The van der Waals surface area contributed by atoms with Crippen LogP contribution in [-0.4, -0.2) is 27.3 Å². The molecule has 0 saturated carbocycles. The highest BCUT2D eigenvalue weighted by Gasteiger charge is 2.16. The van der Waals surface area contributed by atoms with Crippen molar-refractivity contribution in [1.82, 2.24) is 20.2 Å². The van der Waals surface area contributed by atoms with Crippen molar-refractivity contribution >= 4 is 17.3 Å². The summed E-state index contributed by atoms with van der Waals surface area (Å²) >= 11 is 6.15. The van der Waals surface area contributed by atoms with Crippen LogP contribution in [0.5, 0.6) is 5.75 Å². The van der Waals surface area contributed by atoms with Crippen LogP contribution in [0.3, 0.4) is 0 Å². The van der Waals surface area contributed by atoms with Crippen molar-refractivity contribution in [3.05, 3.63) is 47.0 Å². The van der Waals surface area contributed by atoms with E-state index in [0.717, 1.165) is 16.8 Å². The number of benzene rings is 2. The SMILES string of the molecule is COc1cc(Cl)c(C)cc1-n1nnnc1-c1ccc(N)cc1. The van der Waals surface area contributed by atoms with Gasteiger partial charge < -0.3 is 10.5 Å². The molecule has 0 atom stereocenters. The molecule has 3 aromatic rings. The quantitative estimate of drug-likeness (QED) is 0.752. The molecule has 0 aliphatic heterocycles. The number of halogens is 1. The van der Waals surface area contributed by atoms with E-state index in [9.17, 15) is 0 Å². The Morgan fingerprint density at radius 1 is 1.18 bits per heavy atom. The van der Waals surface area contributed by atoms with Gasteiger partial charge in [-0.15, -0.1) is 5.10 Å².